The highest BCUT2D eigenvalue weighted by Crippen LogP contribution is 2.14. The molecule has 0 radical (unpaired) electrons. The zero-order valence-corrected chi connectivity index (χ0v) is 15.3. The fourth-order valence-corrected chi connectivity index (χ4v) is 3.42. The summed E-state index contributed by atoms with van der Waals surface area (Å²) in [5.74, 6) is -0.0511. The summed E-state index contributed by atoms with van der Waals surface area (Å²) >= 11 is 0. The van der Waals surface area contributed by atoms with Crippen LogP contribution in [0.1, 0.15) is 53.4 Å². The summed E-state index contributed by atoms with van der Waals surface area (Å²) in [6.45, 7) is 8.85. The van der Waals surface area contributed by atoms with Crippen LogP contribution in [0.4, 0.5) is 0 Å². The molecule has 0 saturated carbocycles. The summed E-state index contributed by atoms with van der Waals surface area (Å²) in [6.07, 6.45) is 5.29. The Morgan fingerprint density at radius 3 is 2.76 bits per heavy atom. The molecule has 134 valence electrons. The van der Waals surface area contributed by atoms with E-state index in [1.165, 1.54) is 31.5 Å². The van der Waals surface area contributed by atoms with Gasteiger partial charge < -0.3 is 5.32 Å². The molecule has 5 heteroatoms. The van der Waals surface area contributed by atoms with Crippen molar-refractivity contribution in [1.82, 2.24) is 20.0 Å². The van der Waals surface area contributed by atoms with Crippen LogP contribution in [0.25, 0.3) is 0 Å². The van der Waals surface area contributed by atoms with Gasteiger partial charge in [0.25, 0.3) is 5.91 Å². The van der Waals surface area contributed by atoms with E-state index in [1.807, 2.05) is 11.6 Å². The van der Waals surface area contributed by atoms with Gasteiger partial charge in [-0.25, -0.2) is 0 Å². The smallest absolute Gasteiger partial charge is 0.255 e. The van der Waals surface area contributed by atoms with E-state index in [1.54, 1.807) is 6.20 Å². The third-order valence-electron chi connectivity index (χ3n) is 4.83. The van der Waals surface area contributed by atoms with E-state index in [9.17, 15) is 4.79 Å². The lowest BCUT2D eigenvalue weighted by molar-refractivity contribution is 0.0950. The first kappa shape index (κ1) is 17.7. The van der Waals surface area contributed by atoms with E-state index >= 15 is 0 Å². The fourth-order valence-electron chi connectivity index (χ4n) is 3.42. The number of nitrogens with zero attached hydrogens (tertiary/aromatic N) is 3. The molecule has 2 aromatic rings. The zero-order chi connectivity index (χ0) is 17.6. The van der Waals surface area contributed by atoms with Crippen LogP contribution >= 0.6 is 0 Å². The van der Waals surface area contributed by atoms with Crippen LogP contribution in [0.5, 0.6) is 0 Å². The number of nitrogens with one attached hydrogen (secondary N) is 1. The Kier molecular flexibility index (Phi) is 5.87. The largest absolute Gasteiger partial charge is 0.348 e. The standard InChI is InChI=1S/C20H28N4O/c1-3-9-24-16(2)19(14-22-24)20(25)21-13-17-7-6-8-18(12-17)15-23-10-4-5-11-23/h6-8,12,14H,3-5,9-11,13,15H2,1-2H3,(H,21,25). The van der Waals surface area contributed by atoms with Gasteiger partial charge in [-0.1, -0.05) is 31.2 Å². The molecule has 1 N–H and O–H groups in total. The van der Waals surface area contributed by atoms with Crippen molar-refractivity contribution in [3.05, 3.63) is 52.8 Å². The summed E-state index contributed by atoms with van der Waals surface area (Å²) in [4.78, 5) is 14.9. The highest BCUT2D eigenvalue weighted by molar-refractivity contribution is 5.94. The van der Waals surface area contributed by atoms with Gasteiger partial charge in [-0.05, 0) is 50.4 Å². The van der Waals surface area contributed by atoms with E-state index in [-0.39, 0.29) is 5.91 Å². The minimum absolute atomic E-state index is 0.0511. The number of hydrogen-bond donors (Lipinski definition) is 1. The molecule has 1 aromatic carbocycles. The maximum atomic E-state index is 12.4. The predicted molar refractivity (Wildman–Crippen MR) is 99.4 cm³/mol. The van der Waals surface area contributed by atoms with Gasteiger partial charge in [-0.2, -0.15) is 5.10 Å². The number of aryl methyl sites for hydroxylation is 1. The summed E-state index contributed by atoms with van der Waals surface area (Å²) in [6, 6.07) is 8.52. The number of amides is 1. The number of carbonyl (C=O) groups is 1. The van der Waals surface area contributed by atoms with Crippen molar-refractivity contribution in [2.75, 3.05) is 13.1 Å². The number of benzene rings is 1. The van der Waals surface area contributed by atoms with Crippen molar-refractivity contribution in [3.8, 4) is 0 Å². The Morgan fingerprint density at radius 2 is 2.00 bits per heavy atom. The second-order valence-corrected chi connectivity index (χ2v) is 6.85. The van der Waals surface area contributed by atoms with Gasteiger partial charge in [0.05, 0.1) is 11.8 Å². The molecular formula is C20H28N4O. The Balaban J connectivity index is 1.58. The predicted octanol–water partition coefficient (Wildman–Crippen LogP) is 3.13. The van der Waals surface area contributed by atoms with E-state index in [4.69, 9.17) is 0 Å². The van der Waals surface area contributed by atoms with Crippen LogP contribution in [0.2, 0.25) is 0 Å². The van der Waals surface area contributed by atoms with Crippen molar-refractivity contribution in [2.45, 2.75) is 52.7 Å². The van der Waals surface area contributed by atoms with Gasteiger partial charge >= 0.3 is 0 Å². The van der Waals surface area contributed by atoms with E-state index in [0.717, 1.165) is 30.8 Å². The van der Waals surface area contributed by atoms with Crippen molar-refractivity contribution in [2.24, 2.45) is 0 Å². The minimum Gasteiger partial charge on any atom is -0.348 e. The van der Waals surface area contributed by atoms with Crippen molar-refractivity contribution < 1.29 is 4.79 Å². The summed E-state index contributed by atoms with van der Waals surface area (Å²) < 4.78 is 1.89. The monoisotopic (exact) mass is 340 g/mol. The van der Waals surface area contributed by atoms with Crippen molar-refractivity contribution in [3.63, 3.8) is 0 Å². The Morgan fingerprint density at radius 1 is 1.24 bits per heavy atom. The zero-order valence-electron chi connectivity index (χ0n) is 15.3. The molecule has 5 nitrogen and oxygen atoms in total. The van der Waals surface area contributed by atoms with Gasteiger partial charge in [-0.3, -0.25) is 14.4 Å². The van der Waals surface area contributed by atoms with Crippen LogP contribution < -0.4 is 5.32 Å². The summed E-state index contributed by atoms with van der Waals surface area (Å²) in [7, 11) is 0. The minimum atomic E-state index is -0.0511. The molecule has 0 atom stereocenters. The number of likely N-dealkylation sites (tertiary alicyclic amines) is 1. The topological polar surface area (TPSA) is 50.2 Å². The molecule has 1 saturated heterocycles. The molecule has 25 heavy (non-hydrogen) atoms. The van der Waals surface area contributed by atoms with Crippen LogP contribution in [-0.2, 0) is 19.6 Å². The second kappa shape index (κ2) is 8.30. The number of hydrogen-bond acceptors (Lipinski definition) is 3. The fraction of sp³-hybridized carbons (Fsp3) is 0.500. The van der Waals surface area contributed by atoms with Crippen LogP contribution in [0, 0.1) is 6.92 Å². The molecule has 1 aliphatic heterocycles. The molecule has 0 aliphatic carbocycles. The Labute approximate surface area is 150 Å². The van der Waals surface area contributed by atoms with Crippen LogP contribution in [0.3, 0.4) is 0 Å². The van der Waals surface area contributed by atoms with Crippen molar-refractivity contribution >= 4 is 5.91 Å². The first-order valence-electron chi connectivity index (χ1n) is 9.28. The number of rotatable bonds is 7. The normalized spacial score (nSPS) is 14.8. The van der Waals surface area contributed by atoms with E-state index < -0.39 is 0 Å². The highest BCUT2D eigenvalue weighted by atomic mass is 16.1. The van der Waals surface area contributed by atoms with Crippen molar-refractivity contribution in [1.29, 1.82) is 0 Å². The summed E-state index contributed by atoms with van der Waals surface area (Å²) in [5, 5.41) is 7.33. The van der Waals surface area contributed by atoms with E-state index in [0.29, 0.717) is 12.1 Å². The maximum Gasteiger partial charge on any atom is 0.255 e. The van der Waals surface area contributed by atoms with Gasteiger partial charge in [0, 0.05) is 25.3 Å². The lowest BCUT2D eigenvalue weighted by atomic mass is 10.1. The van der Waals surface area contributed by atoms with Gasteiger partial charge in [0.15, 0.2) is 0 Å². The molecule has 1 aliphatic rings. The summed E-state index contributed by atoms with van der Waals surface area (Å²) in [5.41, 5.74) is 4.06. The molecule has 0 bridgehead atoms. The van der Waals surface area contributed by atoms with E-state index in [2.05, 4.69) is 46.5 Å². The maximum absolute atomic E-state index is 12.4. The first-order chi connectivity index (χ1) is 12.2. The number of carbonyl (C=O) groups excluding carboxylic acids is 1. The Hall–Kier alpha value is -2.14. The molecule has 1 amide bonds. The molecule has 3 rings (SSSR count). The van der Waals surface area contributed by atoms with Crippen LogP contribution in [0.15, 0.2) is 30.5 Å². The average Bonchev–Trinajstić information content (AvgIpc) is 3.24. The molecule has 1 fully saturated rings. The molecule has 1 aromatic heterocycles. The lowest BCUT2D eigenvalue weighted by Crippen LogP contribution is -2.23. The average molecular weight is 340 g/mol. The third-order valence-corrected chi connectivity index (χ3v) is 4.83. The SMILES string of the molecule is CCCn1ncc(C(=O)NCc2cccc(CN3CCCC3)c2)c1C. The quantitative estimate of drug-likeness (QED) is 0.842. The number of aromatic nitrogens is 2. The second-order valence-electron chi connectivity index (χ2n) is 6.85. The van der Waals surface area contributed by atoms with Gasteiger partial charge in [-0.15, -0.1) is 0 Å². The molecular weight excluding hydrogens is 312 g/mol. The Bertz CT molecular complexity index is 716. The molecule has 0 spiro atoms. The highest BCUT2D eigenvalue weighted by Gasteiger charge is 2.14. The lowest BCUT2D eigenvalue weighted by Gasteiger charge is -2.15. The van der Waals surface area contributed by atoms with Gasteiger partial charge in [0.2, 0.25) is 0 Å². The first-order valence-corrected chi connectivity index (χ1v) is 9.28. The van der Waals surface area contributed by atoms with Crippen LogP contribution in [-0.4, -0.2) is 33.7 Å². The third kappa shape index (κ3) is 4.48. The molecule has 0 unspecified atom stereocenters. The van der Waals surface area contributed by atoms with Gasteiger partial charge in [0.1, 0.15) is 0 Å². The molecule has 2 heterocycles.